The van der Waals surface area contributed by atoms with Crippen LogP contribution < -0.4 is 10.5 Å². The fraction of sp³-hybridized carbons (Fsp3) is 0.481. The number of fused-ring (bicyclic) bond motifs is 4. The Morgan fingerprint density at radius 1 is 1.16 bits per heavy atom. The van der Waals surface area contributed by atoms with Crippen molar-refractivity contribution in [2.75, 3.05) is 32.0 Å². The van der Waals surface area contributed by atoms with Gasteiger partial charge in [0.15, 0.2) is 0 Å². The van der Waals surface area contributed by atoms with E-state index < -0.39 is 12.1 Å². The Labute approximate surface area is 216 Å². The average molecular weight is 533 g/mol. The van der Waals surface area contributed by atoms with E-state index in [2.05, 4.69) is 14.7 Å². The summed E-state index contributed by atoms with van der Waals surface area (Å²) in [5.74, 6) is -0.302. The number of carbonyl (C=O) groups is 1. The average Bonchev–Trinajstić information content (AvgIpc) is 3.23. The number of benzene rings is 1. The molecule has 1 aliphatic carbocycles. The number of nitrogens with one attached hydrogen (secondary N) is 1. The van der Waals surface area contributed by atoms with E-state index in [4.69, 9.17) is 10.5 Å². The summed E-state index contributed by atoms with van der Waals surface area (Å²) in [7, 11) is 0. The molecule has 1 aromatic carbocycles. The molecule has 202 valence electrons. The number of pyridine rings is 1. The SMILES string of the molecule is Nc1cc(OC(F)(F)F)ccc1C(=O)N1CCC(c2c(F)cnc3[nH]c4c(c23)C[C@H]2COCC[C@H]2C4)CC1. The Kier molecular flexibility index (Phi) is 6.20. The maximum atomic E-state index is 15.3. The smallest absolute Gasteiger partial charge is 0.406 e. The van der Waals surface area contributed by atoms with E-state index >= 15 is 4.39 Å². The quantitative estimate of drug-likeness (QED) is 0.368. The first kappa shape index (κ1) is 25.0. The third-order valence-electron chi connectivity index (χ3n) is 8.25. The minimum atomic E-state index is -4.85. The molecule has 3 aromatic rings. The van der Waals surface area contributed by atoms with Gasteiger partial charge in [-0.1, -0.05) is 0 Å². The summed E-state index contributed by atoms with van der Waals surface area (Å²) in [5.41, 5.74) is 9.55. The molecule has 2 atom stereocenters. The van der Waals surface area contributed by atoms with Crippen molar-refractivity contribution in [3.8, 4) is 5.75 Å². The number of ether oxygens (including phenoxy) is 2. The van der Waals surface area contributed by atoms with Crippen LogP contribution in [0.5, 0.6) is 5.75 Å². The summed E-state index contributed by atoms with van der Waals surface area (Å²) >= 11 is 0. The zero-order chi connectivity index (χ0) is 26.6. The Morgan fingerprint density at radius 3 is 2.68 bits per heavy atom. The molecule has 3 aliphatic rings. The lowest BCUT2D eigenvalue weighted by Crippen LogP contribution is -2.38. The molecule has 3 N–H and O–H groups in total. The molecule has 0 bridgehead atoms. The van der Waals surface area contributed by atoms with Gasteiger partial charge < -0.3 is 25.1 Å². The van der Waals surface area contributed by atoms with Crippen molar-refractivity contribution in [2.24, 2.45) is 11.8 Å². The van der Waals surface area contributed by atoms with E-state index in [1.807, 2.05) is 0 Å². The van der Waals surface area contributed by atoms with Gasteiger partial charge in [-0.05, 0) is 67.6 Å². The van der Waals surface area contributed by atoms with Crippen molar-refractivity contribution < 1.29 is 31.8 Å². The lowest BCUT2D eigenvalue weighted by atomic mass is 9.75. The van der Waals surface area contributed by atoms with E-state index in [1.165, 1.54) is 12.3 Å². The zero-order valence-corrected chi connectivity index (χ0v) is 20.6. The third kappa shape index (κ3) is 4.57. The number of aromatic nitrogens is 2. The number of H-pyrrole nitrogens is 1. The first-order valence-electron chi connectivity index (χ1n) is 12.9. The highest BCUT2D eigenvalue weighted by Crippen LogP contribution is 2.42. The van der Waals surface area contributed by atoms with Crippen LogP contribution in [0.15, 0.2) is 24.4 Å². The molecule has 0 saturated carbocycles. The van der Waals surface area contributed by atoms with E-state index in [1.54, 1.807) is 4.90 Å². The van der Waals surface area contributed by atoms with Crippen LogP contribution in [-0.2, 0) is 17.6 Å². The molecule has 7 nitrogen and oxygen atoms in total. The monoisotopic (exact) mass is 532 g/mol. The molecule has 11 heteroatoms. The molecule has 0 unspecified atom stereocenters. The molecular weight excluding hydrogens is 504 g/mol. The lowest BCUT2D eigenvalue weighted by Gasteiger charge is -2.36. The molecule has 2 saturated heterocycles. The fourth-order valence-electron chi connectivity index (χ4n) is 6.40. The summed E-state index contributed by atoms with van der Waals surface area (Å²) in [6.07, 6.45) is 0.308. The van der Waals surface area contributed by atoms with Crippen molar-refractivity contribution in [2.45, 2.75) is 44.4 Å². The van der Waals surface area contributed by atoms with Crippen LogP contribution in [0.1, 0.15) is 52.4 Å². The lowest BCUT2D eigenvalue weighted by molar-refractivity contribution is -0.274. The van der Waals surface area contributed by atoms with Crippen molar-refractivity contribution in [1.29, 1.82) is 0 Å². The summed E-state index contributed by atoms with van der Waals surface area (Å²) in [5, 5.41) is 0.873. The van der Waals surface area contributed by atoms with Gasteiger partial charge in [0.1, 0.15) is 17.2 Å². The van der Waals surface area contributed by atoms with E-state index in [0.717, 1.165) is 61.3 Å². The van der Waals surface area contributed by atoms with Crippen LogP contribution >= 0.6 is 0 Å². The Bertz CT molecular complexity index is 1380. The number of halogens is 4. The highest BCUT2D eigenvalue weighted by molar-refractivity contribution is 5.99. The number of carbonyl (C=O) groups excluding carboxylic acids is 1. The van der Waals surface area contributed by atoms with Crippen LogP contribution in [0.25, 0.3) is 11.0 Å². The van der Waals surface area contributed by atoms with Gasteiger partial charge in [-0.3, -0.25) is 4.79 Å². The first-order valence-corrected chi connectivity index (χ1v) is 12.9. The molecule has 1 amide bonds. The van der Waals surface area contributed by atoms with Crippen molar-refractivity contribution in [3.05, 3.63) is 52.6 Å². The molecule has 4 heterocycles. The van der Waals surface area contributed by atoms with E-state index in [0.29, 0.717) is 49.0 Å². The minimum Gasteiger partial charge on any atom is -0.406 e. The predicted molar refractivity (Wildman–Crippen MR) is 131 cm³/mol. The summed E-state index contributed by atoms with van der Waals surface area (Å²) in [4.78, 5) is 22.5. The largest absolute Gasteiger partial charge is 0.573 e. The zero-order valence-electron chi connectivity index (χ0n) is 20.6. The molecule has 0 spiro atoms. The highest BCUT2D eigenvalue weighted by Gasteiger charge is 2.36. The second kappa shape index (κ2) is 9.44. The molecule has 38 heavy (non-hydrogen) atoms. The molecular formula is C27H28F4N4O3. The predicted octanol–water partition coefficient (Wildman–Crippen LogP) is 4.95. The minimum absolute atomic E-state index is 0.0929. The van der Waals surface area contributed by atoms with Gasteiger partial charge in [0.2, 0.25) is 0 Å². The number of hydrogen-bond acceptors (Lipinski definition) is 5. The molecule has 0 radical (unpaired) electrons. The van der Waals surface area contributed by atoms with Crippen molar-refractivity contribution >= 4 is 22.6 Å². The first-order chi connectivity index (χ1) is 18.2. The Morgan fingerprint density at radius 2 is 1.95 bits per heavy atom. The Balaban J connectivity index is 1.21. The maximum Gasteiger partial charge on any atom is 0.573 e. The number of amides is 1. The Hall–Kier alpha value is -3.34. The topological polar surface area (TPSA) is 93.5 Å². The number of piperidine rings is 1. The summed E-state index contributed by atoms with van der Waals surface area (Å²) in [6, 6.07) is 3.31. The highest BCUT2D eigenvalue weighted by atomic mass is 19.4. The number of anilines is 1. The van der Waals surface area contributed by atoms with Gasteiger partial charge in [-0.25, -0.2) is 9.37 Å². The number of hydrogen-bond donors (Lipinski definition) is 2. The molecule has 2 fully saturated rings. The number of nitrogens with two attached hydrogens (primary N) is 1. The summed E-state index contributed by atoms with van der Waals surface area (Å²) in [6.45, 7) is 2.25. The van der Waals surface area contributed by atoms with Gasteiger partial charge in [-0.15, -0.1) is 13.2 Å². The van der Waals surface area contributed by atoms with Gasteiger partial charge >= 0.3 is 6.36 Å². The molecule has 2 aromatic heterocycles. The number of alkyl halides is 3. The normalized spacial score (nSPS) is 22.3. The van der Waals surface area contributed by atoms with Crippen LogP contribution in [0.4, 0.5) is 23.2 Å². The van der Waals surface area contributed by atoms with Gasteiger partial charge in [-0.2, -0.15) is 0 Å². The second-order valence-electron chi connectivity index (χ2n) is 10.5. The van der Waals surface area contributed by atoms with Crippen molar-refractivity contribution in [1.82, 2.24) is 14.9 Å². The second-order valence-corrected chi connectivity index (χ2v) is 10.5. The maximum absolute atomic E-state index is 15.3. The standard InChI is InChI=1S/C27H28F4N4O3/c28-20-12-33-25-24(19-9-16-13-37-8-5-15(16)10-22(19)34-25)23(20)14-3-6-35(7-4-14)26(36)18-2-1-17(11-21(18)32)38-27(29,30)31/h1-2,11-12,14-16H,3-10,13,32H2,(H,33,34)/t15-,16-/m0/s1. The van der Waals surface area contributed by atoms with Gasteiger partial charge in [0, 0.05) is 54.7 Å². The number of nitrogens with zero attached hydrogens (tertiary/aromatic N) is 2. The fourth-order valence-corrected chi connectivity index (χ4v) is 6.40. The van der Waals surface area contributed by atoms with E-state index in [-0.39, 0.29) is 28.9 Å². The molecule has 6 rings (SSSR count). The molecule has 2 aliphatic heterocycles. The summed E-state index contributed by atoms with van der Waals surface area (Å²) < 4.78 is 62.4. The van der Waals surface area contributed by atoms with Gasteiger partial charge in [0.25, 0.3) is 5.91 Å². The van der Waals surface area contributed by atoms with Crippen molar-refractivity contribution in [3.63, 3.8) is 0 Å². The third-order valence-corrected chi connectivity index (χ3v) is 8.25. The van der Waals surface area contributed by atoms with Crippen LogP contribution in [0.2, 0.25) is 0 Å². The number of nitrogen functional groups attached to an aromatic ring is 1. The van der Waals surface area contributed by atoms with Gasteiger partial charge in [0.05, 0.1) is 11.8 Å². The van der Waals surface area contributed by atoms with Crippen LogP contribution in [0, 0.1) is 17.7 Å². The number of aromatic amines is 1. The number of likely N-dealkylation sites (tertiary alicyclic amines) is 1. The van der Waals surface area contributed by atoms with E-state index in [9.17, 15) is 18.0 Å². The van der Waals surface area contributed by atoms with Crippen LogP contribution in [-0.4, -0.2) is 53.4 Å². The number of rotatable bonds is 3. The van der Waals surface area contributed by atoms with Crippen LogP contribution in [0.3, 0.4) is 0 Å².